The lowest BCUT2D eigenvalue weighted by molar-refractivity contribution is -0.138. The number of nitrogens with zero attached hydrogens (tertiary/aromatic N) is 1. The SMILES string of the molecule is NC(=S)C1(C(=O)N2CCOCC2)CC1. The van der Waals surface area contributed by atoms with Crippen LogP contribution in [0.15, 0.2) is 0 Å². The number of nitrogens with two attached hydrogens (primary N) is 1. The van der Waals surface area contributed by atoms with Gasteiger partial charge in [-0.05, 0) is 12.8 Å². The zero-order valence-electron chi connectivity index (χ0n) is 7.99. The molecule has 2 fully saturated rings. The Morgan fingerprint density at radius 1 is 1.36 bits per heavy atom. The number of rotatable bonds is 2. The van der Waals surface area contributed by atoms with Crippen molar-refractivity contribution in [2.45, 2.75) is 12.8 Å². The van der Waals surface area contributed by atoms with Crippen molar-refractivity contribution in [2.75, 3.05) is 26.3 Å². The van der Waals surface area contributed by atoms with Crippen molar-refractivity contribution in [3.8, 4) is 0 Å². The van der Waals surface area contributed by atoms with Gasteiger partial charge in [0.05, 0.1) is 23.6 Å². The van der Waals surface area contributed by atoms with Gasteiger partial charge in [0, 0.05) is 13.1 Å². The van der Waals surface area contributed by atoms with Gasteiger partial charge in [-0.1, -0.05) is 12.2 Å². The molecule has 78 valence electrons. The molecule has 1 aliphatic carbocycles. The summed E-state index contributed by atoms with van der Waals surface area (Å²) in [6, 6.07) is 0. The molecular weight excluding hydrogens is 200 g/mol. The number of hydrogen-bond donors (Lipinski definition) is 1. The first-order valence-corrected chi connectivity index (χ1v) is 5.25. The van der Waals surface area contributed by atoms with Crippen LogP contribution in [0.2, 0.25) is 0 Å². The van der Waals surface area contributed by atoms with Crippen LogP contribution in [0.4, 0.5) is 0 Å². The van der Waals surface area contributed by atoms with Crippen molar-refractivity contribution >= 4 is 23.1 Å². The summed E-state index contributed by atoms with van der Waals surface area (Å²) < 4.78 is 5.19. The lowest BCUT2D eigenvalue weighted by Gasteiger charge is -2.30. The molecule has 5 heteroatoms. The highest BCUT2D eigenvalue weighted by Crippen LogP contribution is 2.47. The smallest absolute Gasteiger partial charge is 0.235 e. The molecule has 0 aromatic heterocycles. The van der Waals surface area contributed by atoms with Gasteiger partial charge >= 0.3 is 0 Å². The lowest BCUT2D eigenvalue weighted by atomic mass is 10.1. The van der Waals surface area contributed by atoms with Gasteiger partial charge in [-0.3, -0.25) is 4.79 Å². The molecular formula is C9H14N2O2S. The Hall–Kier alpha value is -0.680. The Morgan fingerprint density at radius 3 is 2.36 bits per heavy atom. The Balaban J connectivity index is 2.04. The maximum absolute atomic E-state index is 12.0. The molecule has 0 spiro atoms. The van der Waals surface area contributed by atoms with Crippen molar-refractivity contribution in [2.24, 2.45) is 11.1 Å². The van der Waals surface area contributed by atoms with Crippen LogP contribution in [0.5, 0.6) is 0 Å². The monoisotopic (exact) mass is 214 g/mol. The van der Waals surface area contributed by atoms with Gasteiger partial charge in [0.25, 0.3) is 0 Å². The summed E-state index contributed by atoms with van der Waals surface area (Å²) in [4.78, 5) is 14.2. The van der Waals surface area contributed by atoms with Crippen LogP contribution in [0.25, 0.3) is 0 Å². The van der Waals surface area contributed by atoms with Gasteiger partial charge in [-0.25, -0.2) is 0 Å². The van der Waals surface area contributed by atoms with Crippen molar-refractivity contribution in [1.82, 2.24) is 4.90 Å². The summed E-state index contributed by atoms with van der Waals surface area (Å²) in [6.07, 6.45) is 1.64. The maximum Gasteiger partial charge on any atom is 0.235 e. The van der Waals surface area contributed by atoms with E-state index >= 15 is 0 Å². The molecule has 1 saturated carbocycles. The maximum atomic E-state index is 12.0. The van der Waals surface area contributed by atoms with Crippen molar-refractivity contribution in [3.63, 3.8) is 0 Å². The average Bonchev–Trinajstić information content (AvgIpc) is 2.99. The fourth-order valence-electron chi connectivity index (χ4n) is 1.76. The average molecular weight is 214 g/mol. The molecule has 2 aliphatic rings. The van der Waals surface area contributed by atoms with E-state index < -0.39 is 5.41 Å². The van der Waals surface area contributed by atoms with Crippen molar-refractivity contribution in [3.05, 3.63) is 0 Å². The van der Waals surface area contributed by atoms with E-state index in [1.165, 1.54) is 0 Å². The van der Waals surface area contributed by atoms with Crippen LogP contribution < -0.4 is 5.73 Å². The quantitative estimate of drug-likeness (QED) is 0.653. The first-order valence-electron chi connectivity index (χ1n) is 4.84. The summed E-state index contributed by atoms with van der Waals surface area (Å²) in [5.74, 6) is 0.105. The summed E-state index contributed by atoms with van der Waals surface area (Å²) in [7, 11) is 0. The summed E-state index contributed by atoms with van der Waals surface area (Å²) >= 11 is 4.94. The number of morpholine rings is 1. The van der Waals surface area contributed by atoms with E-state index in [1.54, 1.807) is 0 Å². The third-order valence-corrected chi connectivity index (χ3v) is 3.32. The first-order chi connectivity index (χ1) is 6.67. The number of carbonyl (C=O) groups excluding carboxylic acids is 1. The minimum atomic E-state index is -0.493. The zero-order valence-corrected chi connectivity index (χ0v) is 8.81. The van der Waals surface area contributed by atoms with E-state index in [4.69, 9.17) is 22.7 Å². The number of carbonyl (C=O) groups is 1. The lowest BCUT2D eigenvalue weighted by Crippen LogP contribution is -2.47. The van der Waals surface area contributed by atoms with Gasteiger partial charge in [0.1, 0.15) is 0 Å². The molecule has 0 aromatic rings. The van der Waals surface area contributed by atoms with Gasteiger partial charge in [-0.2, -0.15) is 0 Å². The zero-order chi connectivity index (χ0) is 10.2. The largest absolute Gasteiger partial charge is 0.392 e. The van der Waals surface area contributed by atoms with Crippen LogP contribution in [0, 0.1) is 5.41 Å². The molecule has 0 radical (unpaired) electrons. The molecule has 14 heavy (non-hydrogen) atoms. The second-order valence-corrected chi connectivity index (χ2v) is 4.29. The third kappa shape index (κ3) is 1.50. The van der Waals surface area contributed by atoms with E-state index in [0.29, 0.717) is 31.3 Å². The molecule has 0 aromatic carbocycles. The van der Waals surface area contributed by atoms with Gasteiger partial charge in [0.15, 0.2) is 0 Å². The summed E-state index contributed by atoms with van der Waals surface area (Å²) in [5.41, 5.74) is 5.10. The van der Waals surface area contributed by atoms with Crippen LogP contribution in [-0.2, 0) is 9.53 Å². The molecule has 0 bridgehead atoms. The molecule has 1 heterocycles. The van der Waals surface area contributed by atoms with Gasteiger partial charge < -0.3 is 15.4 Å². The highest BCUT2D eigenvalue weighted by Gasteiger charge is 2.54. The Labute approximate surface area is 88.4 Å². The molecule has 1 saturated heterocycles. The van der Waals surface area contributed by atoms with Crippen LogP contribution >= 0.6 is 12.2 Å². The van der Waals surface area contributed by atoms with Gasteiger partial charge in [0.2, 0.25) is 5.91 Å². The second kappa shape index (κ2) is 3.47. The molecule has 0 unspecified atom stereocenters. The Kier molecular flexibility index (Phi) is 2.45. The van der Waals surface area contributed by atoms with E-state index in [-0.39, 0.29) is 5.91 Å². The molecule has 0 atom stereocenters. The number of hydrogen-bond acceptors (Lipinski definition) is 3. The normalized spacial score (nSPS) is 24.4. The minimum Gasteiger partial charge on any atom is -0.392 e. The molecule has 4 nitrogen and oxygen atoms in total. The predicted octanol–water partition coefficient (Wildman–Crippen LogP) is -0.0885. The van der Waals surface area contributed by atoms with E-state index in [0.717, 1.165) is 12.8 Å². The second-order valence-electron chi connectivity index (χ2n) is 3.85. The Bertz CT molecular complexity index is 270. The highest BCUT2D eigenvalue weighted by molar-refractivity contribution is 7.80. The van der Waals surface area contributed by atoms with E-state index in [1.807, 2.05) is 4.90 Å². The fourth-order valence-corrected chi connectivity index (χ4v) is 2.05. The van der Waals surface area contributed by atoms with Crippen molar-refractivity contribution in [1.29, 1.82) is 0 Å². The standard InChI is InChI=1S/C9H14N2O2S/c10-7(14)9(1-2-9)8(12)11-3-5-13-6-4-11/h1-6H2,(H2,10,14). The molecule has 2 rings (SSSR count). The van der Waals surface area contributed by atoms with Crippen molar-refractivity contribution < 1.29 is 9.53 Å². The minimum absolute atomic E-state index is 0.105. The fraction of sp³-hybridized carbons (Fsp3) is 0.778. The first kappa shape index (κ1) is 9.86. The summed E-state index contributed by atoms with van der Waals surface area (Å²) in [5, 5.41) is 0. The predicted molar refractivity (Wildman–Crippen MR) is 55.9 cm³/mol. The van der Waals surface area contributed by atoms with Gasteiger partial charge in [-0.15, -0.1) is 0 Å². The Morgan fingerprint density at radius 2 is 1.93 bits per heavy atom. The van der Waals surface area contributed by atoms with Crippen LogP contribution in [0.1, 0.15) is 12.8 Å². The molecule has 1 aliphatic heterocycles. The number of amides is 1. The number of thiocarbonyl (C=S) groups is 1. The van der Waals surface area contributed by atoms with E-state index in [2.05, 4.69) is 0 Å². The summed E-state index contributed by atoms with van der Waals surface area (Å²) in [6.45, 7) is 2.59. The highest BCUT2D eigenvalue weighted by atomic mass is 32.1. The topological polar surface area (TPSA) is 55.6 Å². The molecule has 2 N–H and O–H groups in total. The van der Waals surface area contributed by atoms with E-state index in [9.17, 15) is 4.79 Å². The van der Waals surface area contributed by atoms with Crippen LogP contribution in [-0.4, -0.2) is 42.1 Å². The molecule has 1 amide bonds. The van der Waals surface area contributed by atoms with Crippen LogP contribution in [0.3, 0.4) is 0 Å². The third-order valence-electron chi connectivity index (χ3n) is 2.93. The number of ether oxygens (including phenoxy) is 1.